The smallest absolute Gasteiger partial charge is 0.272 e. The third-order valence-corrected chi connectivity index (χ3v) is 4.25. The number of amides is 1. The Labute approximate surface area is 166 Å². The van der Waals surface area contributed by atoms with Crippen molar-refractivity contribution in [3.63, 3.8) is 0 Å². The van der Waals surface area contributed by atoms with Crippen LogP contribution in [0.15, 0.2) is 56.9 Å². The SMILES string of the molecule is C/C(c1ccc(NC(=O)CN(C)C)cc1)=c1/[nH]c(=O)/c(=C/c2ccoc2)[nH]c1=O. The highest BCUT2D eigenvalue weighted by molar-refractivity contribution is 5.92. The number of nitrogens with one attached hydrogen (secondary N) is 3. The lowest BCUT2D eigenvalue weighted by atomic mass is 10.1. The summed E-state index contributed by atoms with van der Waals surface area (Å²) in [6.07, 6.45) is 4.49. The van der Waals surface area contributed by atoms with Crippen LogP contribution in [-0.2, 0) is 4.79 Å². The molecule has 0 unspecified atom stereocenters. The third-order valence-electron chi connectivity index (χ3n) is 4.25. The van der Waals surface area contributed by atoms with E-state index < -0.39 is 11.1 Å². The van der Waals surface area contributed by atoms with Crippen LogP contribution in [0, 0.1) is 0 Å². The molecular weight excluding hydrogens is 372 g/mol. The van der Waals surface area contributed by atoms with E-state index in [1.807, 2.05) is 14.1 Å². The number of aromatic nitrogens is 2. The maximum absolute atomic E-state index is 12.5. The molecule has 29 heavy (non-hydrogen) atoms. The Balaban J connectivity index is 1.93. The standard InChI is InChI=1S/C21H22N4O4/c1-13(15-4-6-16(7-5-15)22-18(26)11-25(2)3)19-21(28)23-17(20(27)24-19)10-14-8-9-29-12-14/h4-10,12H,11H2,1-3H3,(H,22,26)(H,23,28)(H,24,27)/b17-10-,19-13-. The van der Waals surface area contributed by atoms with Crippen LogP contribution in [0.1, 0.15) is 18.1 Å². The molecule has 3 aromatic rings. The molecule has 8 heteroatoms. The van der Waals surface area contributed by atoms with Gasteiger partial charge in [0, 0.05) is 11.3 Å². The summed E-state index contributed by atoms with van der Waals surface area (Å²) in [6.45, 7) is 2.03. The number of furan rings is 1. The molecule has 0 spiro atoms. The molecule has 0 aliphatic carbocycles. The van der Waals surface area contributed by atoms with Crippen molar-refractivity contribution in [3.05, 3.63) is 85.4 Å². The second-order valence-corrected chi connectivity index (χ2v) is 6.89. The normalized spacial score (nSPS) is 12.9. The Morgan fingerprint density at radius 1 is 1.10 bits per heavy atom. The zero-order valence-corrected chi connectivity index (χ0v) is 16.4. The van der Waals surface area contributed by atoms with Gasteiger partial charge in [-0.05, 0) is 56.4 Å². The fourth-order valence-corrected chi connectivity index (χ4v) is 2.80. The minimum atomic E-state index is -0.410. The van der Waals surface area contributed by atoms with Crippen molar-refractivity contribution in [2.45, 2.75) is 6.92 Å². The van der Waals surface area contributed by atoms with Crippen LogP contribution in [0.4, 0.5) is 5.69 Å². The van der Waals surface area contributed by atoms with Gasteiger partial charge >= 0.3 is 0 Å². The summed E-state index contributed by atoms with van der Waals surface area (Å²) >= 11 is 0. The van der Waals surface area contributed by atoms with Crippen molar-refractivity contribution in [1.29, 1.82) is 0 Å². The lowest BCUT2D eigenvalue weighted by molar-refractivity contribution is -0.116. The number of carbonyl (C=O) groups is 1. The topological polar surface area (TPSA) is 111 Å². The molecular formula is C21H22N4O4. The van der Waals surface area contributed by atoms with Gasteiger partial charge in [-0.1, -0.05) is 12.1 Å². The Morgan fingerprint density at radius 2 is 1.83 bits per heavy atom. The average Bonchev–Trinajstić information content (AvgIpc) is 3.17. The predicted molar refractivity (Wildman–Crippen MR) is 111 cm³/mol. The minimum absolute atomic E-state index is 0.117. The second kappa shape index (κ2) is 8.57. The van der Waals surface area contributed by atoms with Crippen molar-refractivity contribution in [3.8, 4) is 0 Å². The zero-order valence-electron chi connectivity index (χ0n) is 16.4. The molecule has 2 heterocycles. The maximum atomic E-state index is 12.5. The molecule has 2 aromatic heterocycles. The first-order valence-electron chi connectivity index (χ1n) is 8.96. The first-order valence-corrected chi connectivity index (χ1v) is 8.96. The minimum Gasteiger partial charge on any atom is -0.472 e. The van der Waals surface area contributed by atoms with Crippen molar-refractivity contribution >= 4 is 23.2 Å². The van der Waals surface area contributed by atoms with Gasteiger partial charge in [0.2, 0.25) is 5.91 Å². The molecule has 0 aliphatic rings. The highest BCUT2D eigenvalue weighted by Gasteiger charge is 2.06. The van der Waals surface area contributed by atoms with Crippen LogP contribution in [0.3, 0.4) is 0 Å². The lowest BCUT2D eigenvalue weighted by Gasteiger charge is -2.10. The van der Waals surface area contributed by atoms with E-state index in [0.29, 0.717) is 16.8 Å². The second-order valence-electron chi connectivity index (χ2n) is 6.89. The summed E-state index contributed by atoms with van der Waals surface area (Å²) < 4.78 is 4.96. The summed E-state index contributed by atoms with van der Waals surface area (Å²) in [6, 6.07) is 8.75. The Morgan fingerprint density at radius 3 is 2.45 bits per heavy atom. The fraction of sp³-hybridized carbons (Fsp3) is 0.190. The number of anilines is 1. The number of hydrogen-bond donors (Lipinski definition) is 3. The van der Waals surface area contributed by atoms with Crippen LogP contribution in [-0.4, -0.2) is 41.4 Å². The lowest BCUT2D eigenvalue weighted by Crippen LogP contribution is -2.47. The highest BCUT2D eigenvalue weighted by atomic mass is 16.3. The number of likely N-dealkylation sites (N-methyl/N-ethyl adjacent to an activating group) is 1. The van der Waals surface area contributed by atoms with Gasteiger partial charge in [0.05, 0.1) is 19.1 Å². The number of hydrogen-bond acceptors (Lipinski definition) is 5. The van der Waals surface area contributed by atoms with Crippen LogP contribution in [0.25, 0.3) is 11.6 Å². The van der Waals surface area contributed by atoms with Gasteiger partial charge in [0.15, 0.2) is 0 Å². The van der Waals surface area contributed by atoms with Gasteiger partial charge in [0.25, 0.3) is 11.1 Å². The molecule has 1 amide bonds. The molecule has 150 valence electrons. The van der Waals surface area contributed by atoms with Gasteiger partial charge in [0.1, 0.15) is 10.7 Å². The van der Waals surface area contributed by atoms with Crippen molar-refractivity contribution in [1.82, 2.24) is 14.9 Å². The maximum Gasteiger partial charge on any atom is 0.272 e. The molecule has 0 saturated carbocycles. The summed E-state index contributed by atoms with van der Waals surface area (Å²) in [5.41, 5.74) is 1.88. The van der Waals surface area contributed by atoms with E-state index in [4.69, 9.17) is 4.42 Å². The van der Waals surface area contributed by atoms with E-state index >= 15 is 0 Å². The van der Waals surface area contributed by atoms with Crippen molar-refractivity contribution < 1.29 is 9.21 Å². The Kier molecular flexibility index (Phi) is 5.94. The number of H-pyrrole nitrogens is 2. The summed E-state index contributed by atoms with van der Waals surface area (Å²) in [5, 5.41) is 3.13. The summed E-state index contributed by atoms with van der Waals surface area (Å²) in [4.78, 5) is 43.7. The van der Waals surface area contributed by atoms with Crippen LogP contribution in [0.5, 0.6) is 0 Å². The molecule has 0 bridgehead atoms. The van der Waals surface area contributed by atoms with Crippen LogP contribution in [0.2, 0.25) is 0 Å². The Bertz CT molecular complexity index is 1230. The number of rotatable bonds is 5. The molecule has 3 rings (SSSR count). The van der Waals surface area contributed by atoms with E-state index in [0.717, 1.165) is 5.56 Å². The summed E-state index contributed by atoms with van der Waals surface area (Å²) in [7, 11) is 3.63. The fourth-order valence-electron chi connectivity index (χ4n) is 2.80. The molecule has 0 saturated heterocycles. The van der Waals surface area contributed by atoms with Gasteiger partial charge < -0.3 is 24.6 Å². The van der Waals surface area contributed by atoms with E-state index in [9.17, 15) is 14.4 Å². The number of carbonyl (C=O) groups excluding carboxylic acids is 1. The highest BCUT2D eigenvalue weighted by Crippen LogP contribution is 2.14. The number of nitrogens with zero attached hydrogens (tertiary/aromatic N) is 1. The molecule has 0 atom stereocenters. The molecule has 3 N–H and O–H groups in total. The molecule has 0 fully saturated rings. The average molecular weight is 394 g/mol. The van der Waals surface area contributed by atoms with Crippen LogP contribution < -0.4 is 27.1 Å². The molecule has 0 radical (unpaired) electrons. The van der Waals surface area contributed by atoms with E-state index in [1.165, 1.54) is 18.6 Å². The van der Waals surface area contributed by atoms with Crippen molar-refractivity contribution in [2.24, 2.45) is 0 Å². The zero-order chi connectivity index (χ0) is 21.0. The van der Waals surface area contributed by atoms with Gasteiger partial charge in [-0.2, -0.15) is 0 Å². The number of benzene rings is 1. The number of aromatic amines is 2. The largest absolute Gasteiger partial charge is 0.472 e. The van der Waals surface area contributed by atoms with E-state index in [-0.39, 0.29) is 23.2 Å². The van der Waals surface area contributed by atoms with E-state index in [1.54, 1.807) is 42.2 Å². The van der Waals surface area contributed by atoms with Gasteiger partial charge in [-0.15, -0.1) is 0 Å². The van der Waals surface area contributed by atoms with Crippen molar-refractivity contribution in [2.75, 3.05) is 26.0 Å². The molecule has 8 nitrogen and oxygen atoms in total. The van der Waals surface area contributed by atoms with Crippen LogP contribution >= 0.6 is 0 Å². The Hall–Kier alpha value is -3.65. The molecule has 0 aliphatic heterocycles. The quantitative estimate of drug-likeness (QED) is 0.573. The first kappa shape index (κ1) is 20.1. The first-order chi connectivity index (χ1) is 13.8. The monoisotopic (exact) mass is 394 g/mol. The predicted octanol–water partition coefficient (Wildman–Crippen LogP) is 0.204. The van der Waals surface area contributed by atoms with Gasteiger partial charge in [-0.25, -0.2) is 0 Å². The molecule has 1 aromatic carbocycles. The van der Waals surface area contributed by atoms with E-state index in [2.05, 4.69) is 15.3 Å². The summed E-state index contributed by atoms with van der Waals surface area (Å²) in [5.74, 6) is -0.117. The van der Waals surface area contributed by atoms with Gasteiger partial charge in [-0.3, -0.25) is 14.4 Å². The third kappa shape index (κ3) is 4.99.